The number of hydrogen-bond acceptors (Lipinski definition) is 6. The van der Waals surface area contributed by atoms with Crippen LogP contribution in [0.25, 0.3) is 10.2 Å². The summed E-state index contributed by atoms with van der Waals surface area (Å²) in [6.45, 7) is 5.59. The van der Waals surface area contributed by atoms with Crippen LogP contribution in [-0.4, -0.2) is 34.4 Å². The van der Waals surface area contributed by atoms with Gasteiger partial charge in [0.25, 0.3) is 11.6 Å². The van der Waals surface area contributed by atoms with Gasteiger partial charge in [-0.1, -0.05) is 30.4 Å². The molecule has 0 spiro atoms. The fourth-order valence-electron chi connectivity index (χ4n) is 2.97. The van der Waals surface area contributed by atoms with Crippen LogP contribution in [0, 0.1) is 10.1 Å². The number of ether oxygens (including phenoxy) is 1. The number of nitro groups is 1. The molecule has 0 radical (unpaired) electrons. The SMILES string of the molecule is CCOCCn1c(=NC(=O)Cc2ccc(SCC)cc2)sc2cc([N+](=O)[O-])ccc21. The van der Waals surface area contributed by atoms with Crippen LogP contribution in [0.5, 0.6) is 0 Å². The molecule has 30 heavy (non-hydrogen) atoms. The van der Waals surface area contributed by atoms with Gasteiger partial charge >= 0.3 is 0 Å². The molecule has 0 N–H and O–H groups in total. The summed E-state index contributed by atoms with van der Waals surface area (Å²) in [7, 11) is 0. The number of aromatic nitrogens is 1. The number of non-ortho nitro benzene ring substituents is 1. The van der Waals surface area contributed by atoms with E-state index in [1.54, 1.807) is 17.8 Å². The van der Waals surface area contributed by atoms with Gasteiger partial charge in [-0.25, -0.2) is 0 Å². The minimum absolute atomic E-state index is 0.0172. The Morgan fingerprint density at radius 3 is 2.67 bits per heavy atom. The van der Waals surface area contributed by atoms with Gasteiger partial charge < -0.3 is 9.30 Å². The summed E-state index contributed by atoms with van der Waals surface area (Å²) in [5.41, 5.74) is 1.73. The zero-order chi connectivity index (χ0) is 21.5. The maximum atomic E-state index is 12.6. The number of thioether (sulfide) groups is 1. The number of nitro benzene ring substituents is 1. The van der Waals surface area contributed by atoms with E-state index in [4.69, 9.17) is 4.74 Å². The standard InChI is InChI=1S/C21H23N3O4S2/c1-3-28-12-11-23-18-10-7-16(24(26)27)14-19(18)30-21(23)22-20(25)13-15-5-8-17(9-6-15)29-4-2/h5-10,14H,3-4,11-13H2,1-2H3. The number of carbonyl (C=O) groups excluding carboxylic acids is 1. The van der Waals surface area contributed by atoms with E-state index in [1.165, 1.54) is 28.4 Å². The molecule has 1 amide bonds. The first kappa shape index (κ1) is 22.2. The molecule has 7 nitrogen and oxygen atoms in total. The lowest BCUT2D eigenvalue weighted by atomic mass is 10.1. The Morgan fingerprint density at radius 2 is 2.00 bits per heavy atom. The maximum Gasteiger partial charge on any atom is 0.270 e. The van der Waals surface area contributed by atoms with Crippen molar-refractivity contribution < 1.29 is 14.5 Å². The summed E-state index contributed by atoms with van der Waals surface area (Å²) in [5, 5.41) is 11.1. The summed E-state index contributed by atoms with van der Waals surface area (Å²) in [6.07, 6.45) is 0.205. The summed E-state index contributed by atoms with van der Waals surface area (Å²) in [5.74, 6) is 0.747. The van der Waals surface area contributed by atoms with Gasteiger partial charge in [0.15, 0.2) is 4.80 Å². The van der Waals surface area contributed by atoms with Crippen LogP contribution in [0.15, 0.2) is 52.4 Å². The summed E-state index contributed by atoms with van der Waals surface area (Å²) in [4.78, 5) is 29.3. The highest BCUT2D eigenvalue weighted by Crippen LogP contribution is 2.23. The van der Waals surface area contributed by atoms with Crippen molar-refractivity contribution in [1.82, 2.24) is 4.57 Å². The molecule has 9 heteroatoms. The predicted octanol–water partition coefficient (Wildman–Crippen LogP) is 4.43. The van der Waals surface area contributed by atoms with E-state index >= 15 is 0 Å². The summed E-state index contributed by atoms with van der Waals surface area (Å²) >= 11 is 3.03. The fraction of sp³-hybridized carbons (Fsp3) is 0.333. The van der Waals surface area contributed by atoms with Gasteiger partial charge in [-0.3, -0.25) is 14.9 Å². The van der Waals surface area contributed by atoms with Gasteiger partial charge in [-0.15, -0.1) is 11.8 Å². The highest BCUT2D eigenvalue weighted by Gasteiger charge is 2.13. The number of benzene rings is 2. The minimum atomic E-state index is -0.424. The normalized spacial score (nSPS) is 11.9. The monoisotopic (exact) mass is 445 g/mol. The van der Waals surface area contributed by atoms with E-state index in [-0.39, 0.29) is 18.0 Å². The zero-order valence-electron chi connectivity index (χ0n) is 16.9. The highest BCUT2D eigenvalue weighted by atomic mass is 32.2. The van der Waals surface area contributed by atoms with Crippen LogP contribution in [0.2, 0.25) is 0 Å². The number of thiazole rings is 1. The Balaban J connectivity index is 1.90. The third-order valence-electron chi connectivity index (χ3n) is 4.35. The molecule has 0 saturated carbocycles. The molecule has 0 atom stereocenters. The van der Waals surface area contributed by atoms with Crippen molar-refractivity contribution >= 4 is 44.9 Å². The van der Waals surface area contributed by atoms with Crippen molar-refractivity contribution in [3.05, 3.63) is 62.9 Å². The third-order valence-corrected chi connectivity index (χ3v) is 6.29. The molecule has 1 heterocycles. The Hall–Kier alpha value is -2.49. The second kappa shape index (κ2) is 10.5. The van der Waals surface area contributed by atoms with Crippen LogP contribution in [0.3, 0.4) is 0 Å². The first-order valence-corrected chi connectivity index (χ1v) is 11.5. The van der Waals surface area contributed by atoms with E-state index in [0.717, 1.165) is 16.8 Å². The van der Waals surface area contributed by atoms with Gasteiger partial charge in [0.05, 0.1) is 28.2 Å². The number of nitrogens with zero attached hydrogens (tertiary/aromatic N) is 3. The molecular weight excluding hydrogens is 422 g/mol. The molecule has 3 aromatic rings. The largest absolute Gasteiger partial charge is 0.380 e. The minimum Gasteiger partial charge on any atom is -0.380 e. The maximum absolute atomic E-state index is 12.6. The molecule has 0 unspecified atom stereocenters. The Bertz CT molecular complexity index is 1100. The smallest absolute Gasteiger partial charge is 0.270 e. The molecule has 0 fully saturated rings. The molecule has 0 aliphatic rings. The average molecular weight is 446 g/mol. The van der Waals surface area contributed by atoms with Crippen molar-refractivity contribution in [2.24, 2.45) is 4.99 Å². The quantitative estimate of drug-likeness (QED) is 0.210. The van der Waals surface area contributed by atoms with E-state index in [9.17, 15) is 14.9 Å². The second-order valence-electron chi connectivity index (χ2n) is 6.40. The molecule has 0 aliphatic carbocycles. The number of amides is 1. The van der Waals surface area contributed by atoms with Crippen molar-refractivity contribution in [3.8, 4) is 0 Å². The number of hydrogen-bond donors (Lipinski definition) is 0. The van der Waals surface area contributed by atoms with Crippen molar-refractivity contribution in [2.75, 3.05) is 19.0 Å². The average Bonchev–Trinajstić information content (AvgIpc) is 3.06. The van der Waals surface area contributed by atoms with Crippen LogP contribution >= 0.6 is 23.1 Å². The van der Waals surface area contributed by atoms with Crippen molar-refractivity contribution in [2.45, 2.75) is 31.7 Å². The molecule has 0 aliphatic heterocycles. The summed E-state index contributed by atoms with van der Waals surface area (Å²) < 4.78 is 8.05. The van der Waals surface area contributed by atoms with Crippen molar-refractivity contribution in [1.29, 1.82) is 0 Å². The lowest BCUT2D eigenvalue weighted by Crippen LogP contribution is -2.20. The molecule has 2 aromatic carbocycles. The lowest BCUT2D eigenvalue weighted by molar-refractivity contribution is -0.384. The predicted molar refractivity (Wildman–Crippen MR) is 120 cm³/mol. The molecule has 0 saturated heterocycles. The molecular formula is C21H23N3O4S2. The zero-order valence-corrected chi connectivity index (χ0v) is 18.5. The molecule has 158 valence electrons. The Morgan fingerprint density at radius 1 is 1.23 bits per heavy atom. The number of fused-ring (bicyclic) bond motifs is 1. The Kier molecular flexibility index (Phi) is 7.78. The van der Waals surface area contributed by atoms with E-state index in [0.29, 0.717) is 29.3 Å². The van der Waals surface area contributed by atoms with Gasteiger partial charge in [-0.05, 0) is 36.4 Å². The molecule has 0 bridgehead atoms. The van der Waals surface area contributed by atoms with Gasteiger partial charge in [0.2, 0.25) is 0 Å². The topological polar surface area (TPSA) is 86.7 Å². The van der Waals surface area contributed by atoms with Crippen LogP contribution in [0.4, 0.5) is 5.69 Å². The summed E-state index contributed by atoms with van der Waals surface area (Å²) in [6, 6.07) is 12.6. The first-order chi connectivity index (χ1) is 14.5. The number of rotatable bonds is 9. The van der Waals surface area contributed by atoms with Crippen LogP contribution < -0.4 is 4.80 Å². The highest BCUT2D eigenvalue weighted by molar-refractivity contribution is 7.99. The van der Waals surface area contributed by atoms with E-state index in [2.05, 4.69) is 11.9 Å². The third kappa shape index (κ3) is 5.56. The van der Waals surface area contributed by atoms with Crippen LogP contribution in [-0.2, 0) is 22.5 Å². The van der Waals surface area contributed by atoms with E-state index < -0.39 is 4.92 Å². The second-order valence-corrected chi connectivity index (χ2v) is 8.75. The van der Waals surface area contributed by atoms with Gasteiger partial charge in [0.1, 0.15) is 0 Å². The number of carbonyl (C=O) groups is 1. The fourth-order valence-corrected chi connectivity index (χ4v) is 4.74. The van der Waals surface area contributed by atoms with Crippen LogP contribution in [0.1, 0.15) is 19.4 Å². The lowest BCUT2D eigenvalue weighted by Gasteiger charge is -2.05. The van der Waals surface area contributed by atoms with Gasteiger partial charge in [0, 0.05) is 30.2 Å². The Labute approximate surface area is 182 Å². The molecule has 3 rings (SSSR count). The van der Waals surface area contributed by atoms with E-state index in [1.807, 2.05) is 35.8 Å². The molecule has 1 aromatic heterocycles. The first-order valence-electron chi connectivity index (χ1n) is 9.66. The van der Waals surface area contributed by atoms with Crippen molar-refractivity contribution in [3.63, 3.8) is 0 Å². The van der Waals surface area contributed by atoms with Gasteiger partial charge in [-0.2, -0.15) is 4.99 Å².